The molecule has 0 aliphatic rings. The van der Waals surface area contributed by atoms with Gasteiger partial charge in [-0.25, -0.2) is 4.79 Å². The van der Waals surface area contributed by atoms with Crippen LogP contribution in [0.3, 0.4) is 0 Å². The van der Waals surface area contributed by atoms with Crippen LogP contribution >= 0.6 is 0 Å². The summed E-state index contributed by atoms with van der Waals surface area (Å²) in [5, 5.41) is 3.19. The van der Waals surface area contributed by atoms with Gasteiger partial charge >= 0.3 is 5.76 Å². The van der Waals surface area contributed by atoms with Crippen molar-refractivity contribution in [2.24, 2.45) is 0 Å². The maximum Gasteiger partial charge on any atom is 0.417 e. The third-order valence-corrected chi connectivity index (χ3v) is 2.55. The number of hydrogen-bond acceptors (Lipinski definition) is 4. The van der Waals surface area contributed by atoms with Crippen molar-refractivity contribution in [1.29, 1.82) is 0 Å². The van der Waals surface area contributed by atoms with E-state index in [2.05, 4.69) is 15.2 Å². The molecule has 1 aromatic carbocycles. The van der Waals surface area contributed by atoms with Crippen LogP contribution in [0.5, 0.6) is 0 Å². The first-order chi connectivity index (χ1) is 7.61. The van der Waals surface area contributed by atoms with Crippen molar-refractivity contribution < 1.29 is 4.42 Å². The van der Waals surface area contributed by atoms with E-state index < -0.39 is 5.76 Å². The minimum atomic E-state index is -0.419. The molecule has 1 atom stereocenters. The number of aromatic amines is 1. The third kappa shape index (κ3) is 1.87. The summed E-state index contributed by atoms with van der Waals surface area (Å²) in [5.74, 6) is -0.419. The molecule has 2 N–H and O–H groups in total. The SMILES string of the molecule is CNC(c1ccc2oc(=O)[nH]c2c1)N(C)C. The van der Waals surface area contributed by atoms with Crippen molar-refractivity contribution in [2.75, 3.05) is 21.1 Å². The Hall–Kier alpha value is -1.59. The van der Waals surface area contributed by atoms with Crippen molar-refractivity contribution in [1.82, 2.24) is 15.2 Å². The molecule has 0 amide bonds. The molecule has 0 saturated heterocycles. The molecule has 16 heavy (non-hydrogen) atoms. The van der Waals surface area contributed by atoms with Gasteiger partial charge in [0.05, 0.1) is 11.7 Å². The second-order valence-corrected chi connectivity index (χ2v) is 3.92. The first kappa shape index (κ1) is 10.9. The van der Waals surface area contributed by atoms with Gasteiger partial charge in [0.2, 0.25) is 0 Å². The van der Waals surface area contributed by atoms with Crippen molar-refractivity contribution in [3.63, 3.8) is 0 Å². The van der Waals surface area contributed by atoms with E-state index in [-0.39, 0.29) is 6.17 Å². The molecular weight excluding hydrogens is 206 g/mol. The summed E-state index contributed by atoms with van der Waals surface area (Å²) in [6, 6.07) is 5.66. The smallest absolute Gasteiger partial charge is 0.408 e. The number of benzene rings is 1. The number of hydrogen-bond donors (Lipinski definition) is 2. The van der Waals surface area contributed by atoms with Gasteiger partial charge in [0, 0.05) is 0 Å². The molecule has 0 saturated carbocycles. The van der Waals surface area contributed by atoms with Crippen LogP contribution in [0.15, 0.2) is 27.4 Å². The number of rotatable bonds is 3. The third-order valence-electron chi connectivity index (χ3n) is 2.55. The van der Waals surface area contributed by atoms with Gasteiger partial charge < -0.3 is 9.73 Å². The minimum absolute atomic E-state index is 0.114. The van der Waals surface area contributed by atoms with E-state index >= 15 is 0 Å². The normalized spacial score (nSPS) is 13.5. The lowest BCUT2D eigenvalue weighted by Crippen LogP contribution is -2.30. The number of fused-ring (bicyclic) bond motifs is 1. The predicted octanol–water partition coefficient (Wildman–Crippen LogP) is 0.901. The summed E-state index contributed by atoms with van der Waals surface area (Å²) >= 11 is 0. The van der Waals surface area contributed by atoms with Crippen molar-refractivity contribution >= 4 is 11.1 Å². The second-order valence-electron chi connectivity index (χ2n) is 3.92. The van der Waals surface area contributed by atoms with E-state index in [0.29, 0.717) is 5.58 Å². The molecule has 1 unspecified atom stereocenters. The van der Waals surface area contributed by atoms with Gasteiger partial charge in [-0.1, -0.05) is 6.07 Å². The van der Waals surface area contributed by atoms with Gasteiger partial charge in [-0.05, 0) is 38.8 Å². The highest BCUT2D eigenvalue weighted by molar-refractivity contribution is 5.72. The Labute approximate surface area is 93.1 Å². The van der Waals surface area contributed by atoms with E-state index in [9.17, 15) is 4.79 Å². The predicted molar refractivity (Wildman–Crippen MR) is 62.3 cm³/mol. The molecule has 2 aromatic rings. The van der Waals surface area contributed by atoms with Gasteiger partial charge in [-0.15, -0.1) is 0 Å². The van der Waals surface area contributed by atoms with E-state index in [1.807, 2.05) is 33.3 Å². The first-order valence-electron chi connectivity index (χ1n) is 5.08. The number of aromatic nitrogens is 1. The summed E-state index contributed by atoms with van der Waals surface area (Å²) in [6.45, 7) is 0. The Morgan fingerprint density at radius 3 is 2.81 bits per heavy atom. The van der Waals surface area contributed by atoms with Crippen LogP contribution < -0.4 is 11.1 Å². The standard InChI is InChI=1S/C11H15N3O2/c1-12-10(14(2)3)7-4-5-9-8(6-7)13-11(15)16-9/h4-6,10,12H,1-3H3,(H,13,15). The zero-order valence-corrected chi connectivity index (χ0v) is 9.57. The molecule has 1 heterocycles. The number of nitrogens with one attached hydrogen (secondary N) is 2. The fourth-order valence-electron chi connectivity index (χ4n) is 1.86. The Balaban J connectivity index is 2.48. The lowest BCUT2D eigenvalue weighted by atomic mass is 10.1. The lowest BCUT2D eigenvalue weighted by molar-refractivity contribution is 0.265. The molecule has 5 heteroatoms. The molecule has 0 aliphatic heterocycles. The van der Waals surface area contributed by atoms with E-state index in [1.165, 1.54) is 0 Å². The lowest BCUT2D eigenvalue weighted by Gasteiger charge is -2.23. The average Bonchev–Trinajstić information content (AvgIpc) is 2.57. The largest absolute Gasteiger partial charge is 0.417 e. The van der Waals surface area contributed by atoms with Crippen molar-refractivity contribution in [2.45, 2.75) is 6.17 Å². The Morgan fingerprint density at radius 1 is 1.44 bits per heavy atom. The monoisotopic (exact) mass is 221 g/mol. The molecule has 5 nitrogen and oxygen atoms in total. The maximum absolute atomic E-state index is 11.0. The van der Waals surface area contributed by atoms with Crippen molar-refractivity contribution in [3.05, 3.63) is 34.3 Å². The fourth-order valence-corrected chi connectivity index (χ4v) is 1.86. The van der Waals surface area contributed by atoms with E-state index in [1.54, 1.807) is 6.07 Å². The van der Waals surface area contributed by atoms with E-state index in [4.69, 9.17) is 4.42 Å². The van der Waals surface area contributed by atoms with Gasteiger partial charge in [-0.2, -0.15) is 0 Å². The molecule has 0 spiro atoms. The molecule has 0 aliphatic carbocycles. The number of nitrogens with zero attached hydrogens (tertiary/aromatic N) is 1. The quantitative estimate of drug-likeness (QED) is 0.756. The van der Waals surface area contributed by atoms with E-state index in [0.717, 1.165) is 11.1 Å². The molecule has 0 bridgehead atoms. The zero-order valence-electron chi connectivity index (χ0n) is 9.57. The second kappa shape index (κ2) is 4.11. The van der Waals surface area contributed by atoms with Crippen molar-refractivity contribution in [3.8, 4) is 0 Å². The average molecular weight is 221 g/mol. The summed E-state index contributed by atoms with van der Waals surface area (Å²) in [6.07, 6.45) is 0.114. The molecule has 0 fully saturated rings. The topological polar surface area (TPSA) is 61.3 Å². The highest BCUT2D eigenvalue weighted by Crippen LogP contribution is 2.19. The van der Waals surface area contributed by atoms with Crippen LogP contribution in [0.1, 0.15) is 11.7 Å². The first-order valence-corrected chi connectivity index (χ1v) is 5.08. The molecule has 2 rings (SSSR count). The number of H-pyrrole nitrogens is 1. The van der Waals surface area contributed by atoms with Gasteiger partial charge in [0.1, 0.15) is 0 Å². The molecular formula is C11H15N3O2. The summed E-state index contributed by atoms with van der Waals surface area (Å²) in [7, 11) is 5.87. The van der Waals surface area contributed by atoms with Gasteiger partial charge in [0.15, 0.2) is 5.58 Å². The van der Waals surface area contributed by atoms with Gasteiger partial charge in [0.25, 0.3) is 0 Å². The maximum atomic E-state index is 11.0. The molecule has 1 aromatic heterocycles. The zero-order chi connectivity index (χ0) is 11.7. The Kier molecular flexibility index (Phi) is 2.80. The van der Waals surface area contributed by atoms with Crippen LogP contribution in [-0.2, 0) is 0 Å². The Bertz CT molecular complexity index is 541. The minimum Gasteiger partial charge on any atom is -0.408 e. The summed E-state index contributed by atoms with van der Waals surface area (Å²) in [5.41, 5.74) is 2.39. The Morgan fingerprint density at radius 2 is 2.19 bits per heavy atom. The van der Waals surface area contributed by atoms with Crippen LogP contribution in [0.4, 0.5) is 0 Å². The van der Waals surface area contributed by atoms with Crippen LogP contribution in [-0.4, -0.2) is 31.0 Å². The summed E-state index contributed by atoms with van der Waals surface area (Å²) in [4.78, 5) is 15.7. The highest BCUT2D eigenvalue weighted by atomic mass is 16.4. The van der Waals surface area contributed by atoms with Crippen LogP contribution in [0.2, 0.25) is 0 Å². The van der Waals surface area contributed by atoms with Crippen LogP contribution in [0, 0.1) is 0 Å². The molecule has 86 valence electrons. The summed E-state index contributed by atoms with van der Waals surface area (Å²) < 4.78 is 4.95. The fraction of sp³-hybridized carbons (Fsp3) is 0.364. The molecule has 0 radical (unpaired) electrons. The van der Waals surface area contributed by atoms with Crippen LogP contribution in [0.25, 0.3) is 11.1 Å². The highest BCUT2D eigenvalue weighted by Gasteiger charge is 2.12. The van der Waals surface area contributed by atoms with Gasteiger partial charge in [-0.3, -0.25) is 9.88 Å². The number of oxazole rings is 1.